The molecule has 4 rings (SSSR count). The molecule has 2 heterocycles. The average Bonchev–Trinajstić information content (AvgIpc) is 3.31. The number of hydrogen-bond donors (Lipinski definition) is 2. The van der Waals surface area contributed by atoms with E-state index in [-0.39, 0.29) is 11.3 Å². The second-order valence-corrected chi connectivity index (χ2v) is 8.87. The molecule has 0 bridgehead atoms. The molecule has 166 valence electrons. The summed E-state index contributed by atoms with van der Waals surface area (Å²) in [6, 6.07) is 14.9. The van der Waals surface area contributed by atoms with Crippen molar-refractivity contribution in [1.29, 1.82) is 0 Å². The second kappa shape index (κ2) is 8.63. The third kappa shape index (κ3) is 3.82. The van der Waals surface area contributed by atoms with Crippen LogP contribution in [0.15, 0.2) is 60.3 Å². The van der Waals surface area contributed by atoms with Crippen molar-refractivity contribution in [2.45, 2.75) is 25.8 Å². The highest BCUT2D eigenvalue weighted by molar-refractivity contribution is 6.46. The van der Waals surface area contributed by atoms with Gasteiger partial charge >= 0.3 is 0 Å². The number of nitrogens with zero attached hydrogens (tertiary/aromatic N) is 2. The van der Waals surface area contributed by atoms with E-state index in [1.165, 1.54) is 5.56 Å². The van der Waals surface area contributed by atoms with Crippen LogP contribution >= 0.6 is 0 Å². The summed E-state index contributed by atoms with van der Waals surface area (Å²) < 4.78 is 0. The number of hydrogen-bond acceptors (Lipinski definition) is 4. The van der Waals surface area contributed by atoms with Crippen LogP contribution in [-0.4, -0.2) is 58.8 Å². The van der Waals surface area contributed by atoms with Crippen molar-refractivity contribution in [1.82, 2.24) is 14.8 Å². The van der Waals surface area contributed by atoms with Crippen LogP contribution in [0.1, 0.15) is 42.5 Å². The number of likely N-dealkylation sites (tertiary alicyclic amines) is 1. The van der Waals surface area contributed by atoms with Gasteiger partial charge in [0, 0.05) is 35.8 Å². The number of amides is 1. The molecule has 1 aliphatic heterocycles. The molecule has 6 heteroatoms. The number of aromatic nitrogens is 1. The van der Waals surface area contributed by atoms with Crippen molar-refractivity contribution in [3.05, 3.63) is 77.0 Å². The summed E-state index contributed by atoms with van der Waals surface area (Å²) >= 11 is 0. The van der Waals surface area contributed by atoms with E-state index < -0.39 is 17.7 Å². The highest BCUT2D eigenvalue weighted by Crippen LogP contribution is 2.40. The summed E-state index contributed by atoms with van der Waals surface area (Å²) in [5.41, 5.74) is 3.50. The Morgan fingerprint density at radius 1 is 1.09 bits per heavy atom. The number of para-hydroxylation sites is 1. The highest BCUT2D eigenvalue weighted by Gasteiger charge is 2.46. The Balaban J connectivity index is 1.87. The summed E-state index contributed by atoms with van der Waals surface area (Å²) in [6.45, 7) is 5.24. The fourth-order valence-corrected chi connectivity index (χ4v) is 4.24. The molecule has 1 aromatic heterocycles. The lowest BCUT2D eigenvalue weighted by Gasteiger charge is -2.26. The molecule has 1 amide bonds. The van der Waals surface area contributed by atoms with Crippen LogP contribution in [0.4, 0.5) is 0 Å². The van der Waals surface area contributed by atoms with E-state index in [9.17, 15) is 14.7 Å². The third-order valence-corrected chi connectivity index (χ3v) is 6.09. The maximum Gasteiger partial charge on any atom is 0.295 e. The van der Waals surface area contributed by atoms with Gasteiger partial charge in [-0.2, -0.15) is 0 Å². The van der Waals surface area contributed by atoms with Gasteiger partial charge in [-0.1, -0.05) is 56.3 Å². The van der Waals surface area contributed by atoms with E-state index in [4.69, 9.17) is 0 Å². The number of carbonyl (C=O) groups is 2. The molecule has 2 aromatic carbocycles. The van der Waals surface area contributed by atoms with Crippen molar-refractivity contribution < 1.29 is 14.7 Å². The van der Waals surface area contributed by atoms with Gasteiger partial charge in [-0.05, 0) is 37.2 Å². The van der Waals surface area contributed by atoms with Gasteiger partial charge in [0.05, 0.1) is 11.6 Å². The molecule has 32 heavy (non-hydrogen) atoms. The predicted molar refractivity (Wildman–Crippen MR) is 126 cm³/mol. The summed E-state index contributed by atoms with van der Waals surface area (Å²) in [7, 11) is 3.85. The molecular formula is C26H29N3O3. The zero-order chi connectivity index (χ0) is 23.0. The van der Waals surface area contributed by atoms with Gasteiger partial charge in [0.1, 0.15) is 5.76 Å². The maximum atomic E-state index is 13.2. The molecule has 0 spiro atoms. The molecular weight excluding hydrogens is 402 g/mol. The first-order valence-electron chi connectivity index (χ1n) is 10.9. The molecule has 1 unspecified atom stereocenters. The monoisotopic (exact) mass is 431 g/mol. The van der Waals surface area contributed by atoms with Crippen LogP contribution in [0.25, 0.3) is 16.7 Å². The molecule has 0 radical (unpaired) electrons. The lowest BCUT2D eigenvalue weighted by molar-refractivity contribution is -0.140. The standard InChI is InChI=1S/C26H29N3O3/c1-16(2)17-9-11-18(12-10-17)23-22(25(31)26(32)29(23)14-13-28(3)4)24(30)20-15-27-21-8-6-5-7-19(20)21/h5-12,15-16,23,27,30H,13-14H2,1-4H3/b24-22-. The molecule has 1 saturated heterocycles. The fourth-order valence-electron chi connectivity index (χ4n) is 4.24. The van der Waals surface area contributed by atoms with Crippen LogP contribution in [0, 0.1) is 0 Å². The Bertz CT molecular complexity index is 1190. The van der Waals surface area contributed by atoms with Crippen molar-refractivity contribution in [2.24, 2.45) is 0 Å². The van der Waals surface area contributed by atoms with E-state index >= 15 is 0 Å². The van der Waals surface area contributed by atoms with Crippen molar-refractivity contribution in [3.63, 3.8) is 0 Å². The minimum atomic E-state index is -0.649. The van der Waals surface area contributed by atoms with Gasteiger partial charge in [-0.15, -0.1) is 0 Å². The maximum absolute atomic E-state index is 13.2. The van der Waals surface area contributed by atoms with Gasteiger partial charge in [0.15, 0.2) is 0 Å². The van der Waals surface area contributed by atoms with Crippen LogP contribution in [0.5, 0.6) is 0 Å². The van der Waals surface area contributed by atoms with E-state index in [0.29, 0.717) is 24.6 Å². The van der Waals surface area contributed by atoms with Gasteiger partial charge in [-0.25, -0.2) is 0 Å². The minimum Gasteiger partial charge on any atom is -0.507 e. The lowest BCUT2D eigenvalue weighted by Crippen LogP contribution is -2.35. The molecule has 0 aliphatic carbocycles. The smallest absolute Gasteiger partial charge is 0.295 e. The number of aliphatic hydroxyl groups is 1. The highest BCUT2D eigenvalue weighted by atomic mass is 16.3. The Labute approximate surface area is 188 Å². The Hall–Kier alpha value is -3.38. The molecule has 0 saturated carbocycles. The zero-order valence-electron chi connectivity index (χ0n) is 18.9. The number of aliphatic hydroxyl groups excluding tert-OH is 1. The van der Waals surface area contributed by atoms with Gasteiger partial charge in [0.2, 0.25) is 0 Å². The summed E-state index contributed by atoms with van der Waals surface area (Å²) in [5.74, 6) is -1.00. The molecule has 1 fully saturated rings. The molecule has 6 nitrogen and oxygen atoms in total. The number of benzene rings is 2. The Morgan fingerprint density at radius 3 is 2.44 bits per heavy atom. The topological polar surface area (TPSA) is 76.6 Å². The zero-order valence-corrected chi connectivity index (χ0v) is 18.9. The Kier molecular flexibility index (Phi) is 5.89. The Morgan fingerprint density at radius 2 is 1.78 bits per heavy atom. The van der Waals surface area contributed by atoms with E-state index in [1.54, 1.807) is 11.1 Å². The van der Waals surface area contributed by atoms with Crippen molar-refractivity contribution in [3.8, 4) is 0 Å². The quantitative estimate of drug-likeness (QED) is 0.347. The van der Waals surface area contributed by atoms with E-state index in [2.05, 4.69) is 18.8 Å². The molecule has 3 aromatic rings. The van der Waals surface area contributed by atoms with Crippen LogP contribution < -0.4 is 0 Å². The van der Waals surface area contributed by atoms with Crippen molar-refractivity contribution in [2.75, 3.05) is 27.2 Å². The number of rotatable bonds is 6. The minimum absolute atomic E-state index is 0.135. The van der Waals surface area contributed by atoms with Gasteiger partial charge in [0.25, 0.3) is 11.7 Å². The summed E-state index contributed by atoms with van der Waals surface area (Å²) in [5, 5.41) is 12.1. The number of Topliss-reactive ketones (excluding diaryl/α,β-unsaturated/α-hetero) is 1. The van der Waals surface area contributed by atoms with Crippen LogP contribution in [-0.2, 0) is 9.59 Å². The van der Waals surface area contributed by atoms with Crippen LogP contribution in [0.2, 0.25) is 0 Å². The van der Waals surface area contributed by atoms with Crippen LogP contribution in [0.3, 0.4) is 0 Å². The van der Waals surface area contributed by atoms with E-state index in [0.717, 1.165) is 16.5 Å². The average molecular weight is 432 g/mol. The molecule has 1 aliphatic rings. The number of carbonyl (C=O) groups excluding carboxylic acids is 2. The lowest BCUT2D eigenvalue weighted by atomic mass is 9.93. The van der Waals surface area contributed by atoms with Gasteiger partial charge < -0.3 is 19.9 Å². The largest absolute Gasteiger partial charge is 0.507 e. The van der Waals surface area contributed by atoms with E-state index in [1.807, 2.05) is 67.5 Å². The molecule has 1 atom stereocenters. The van der Waals surface area contributed by atoms with Crippen molar-refractivity contribution >= 4 is 28.4 Å². The number of H-pyrrole nitrogens is 1. The third-order valence-electron chi connectivity index (χ3n) is 6.09. The fraction of sp³-hybridized carbons (Fsp3) is 0.308. The first-order chi connectivity index (χ1) is 15.3. The summed E-state index contributed by atoms with van der Waals surface area (Å²) in [6.07, 6.45) is 1.69. The number of fused-ring (bicyclic) bond motifs is 1. The number of ketones is 1. The normalized spacial score (nSPS) is 18.4. The summed E-state index contributed by atoms with van der Waals surface area (Å²) in [4.78, 5) is 32.9. The second-order valence-electron chi connectivity index (χ2n) is 8.87. The first-order valence-corrected chi connectivity index (χ1v) is 10.9. The number of nitrogens with one attached hydrogen (secondary N) is 1. The van der Waals surface area contributed by atoms with Gasteiger partial charge in [-0.3, -0.25) is 9.59 Å². The SMILES string of the molecule is CC(C)c1ccc(C2/C(=C(/O)c3c[nH]c4ccccc34)C(=O)C(=O)N2CCN(C)C)cc1. The number of likely N-dealkylation sites (N-methyl/N-ethyl adjacent to an activating group) is 1. The molecule has 2 N–H and O–H groups in total. The number of aromatic amines is 1. The first kappa shape index (κ1) is 21.8. The predicted octanol–water partition coefficient (Wildman–Crippen LogP) is 4.27.